The molecule has 0 bridgehead atoms. The summed E-state index contributed by atoms with van der Waals surface area (Å²) >= 11 is 0. The highest BCUT2D eigenvalue weighted by Crippen LogP contribution is 2.22. The van der Waals surface area contributed by atoms with Gasteiger partial charge in [0.1, 0.15) is 11.5 Å². The van der Waals surface area contributed by atoms with Crippen LogP contribution in [0.15, 0.2) is 70.3 Å². The lowest BCUT2D eigenvalue weighted by Gasteiger charge is -2.08. The molecule has 0 spiro atoms. The fourth-order valence-corrected chi connectivity index (χ4v) is 2.22. The second kappa shape index (κ2) is 7.31. The molecule has 25 heavy (non-hydrogen) atoms. The molecule has 0 unspecified atom stereocenters. The zero-order chi connectivity index (χ0) is 17.6. The maximum absolute atomic E-state index is 12.0. The van der Waals surface area contributed by atoms with Crippen LogP contribution in [0.1, 0.15) is 5.69 Å². The van der Waals surface area contributed by atoms with Gasteiger partial charge in [-0.2, -0.15) is 0 Å². The van der Waals surface area contributed by atoms with Crippen LogP contribution in [-0.4, -0.2) is 15.9 Å². The SMILES string of the molecule is O=C(Cc1cc(=O)[nH]c(=O)[nH]1)Nc1ccc(Oc2ccccc2)cc1. The van der Waals surface area contributed by atoms with Gasteiger partial charge in [0.15, 0.2) is 0 Å². The molecule has 7 heteroatoms. The molecule has 2 aromatic carbocycles. The van der Waals surface area contributed by atoms with E-state index in [9.17, 15) is 14.4 Å². The number of hydrogen-bond acceptors (Lipinski definition) is 4. The average molecular weight is 337 g/mol. The zero-order valence-corrected chi connectivity index (χ0v) is 13.1. The third-order valence-electron chi connectivity index (χ3n) is 3.28. The van der Waals surface area contributed by atoms with Gasteiger partial charge in [0, 0.05) is 17.4 Å². The van der Waals surface area contributed by atoms with Gasteiger partial charge in [0.05, 0.1) is 6.42 Å². The molecule has 0 fully saturated rings. The van der Waals surface area contributed by atoms with Crippen molar-refractivity contribution in [1.29, 1.82) is 0 Å². The van der Waals surface area contributed by atoms with Gasteiger partial charge in [-0.15, -0.1) is 0 Å². The summed E-state index contributed by atoms with van der Waals surface area (Å²) in [6.07, 6.45) is -0.110. The standard InChI is InChI=1S/C18H15N3O4/c22-16(10-13-11-17(23)21-18(24)20-13)19-12-6-8-15(9-7-12)25-14-4-2-1-3-5-14/h1-9,11H,10H2,(H,19,22)(H2,20,21,23,24). The minimum atomic E-state index is -0.641. The van der Waals surface area contributed by atoms with E-state index in [0.717, 1.165) is 5.75 Å². The van der Waals surface area contributed by atoms with E-state index in [1.807, 2.05) is 35.3 Å². The number of para-hydroxylation sites is 1. The zero-order valence-electron chi connectivity index (χ0n) is 13.1. The van der Waals surface area contributed by atoms with Gasteiger partial charge >= 0.3 is 5.69 Å². The number of carbonyl (C=O) groups excluding carboxylic acids is 1. The Morgan fingerprint density at radius 1 is 0.920 bits per heavy atom. The summed E-state index contributed by atoms with van der Waals surface area (Å²) in [6.45, 7) is 0. The molecule has 3 aromatic rings. The molecule has 0 radical (unpaired) electrons. The van der Waals surface area contributed by atoms with Crippen molar-refractivity contribution in [2.75, 3.05) is 5.32 Å². The van der Waals surface area contributed by atoms with E-state index in [2.05, 4.69) is 10.3 Å². The smallest absolute Gasteiger partial charge is 0.325 e. The number of H-pyrrole nitrogens is 2. The van der Waals surface area contributed by atoms with Crippen LogP contribution in [0.2, 0.25) is 0 Å². The van der Waals surface area contributed by atoms with E-state index in [1.165, 1.54) is 6.07 Å². The minimum Gasteiger partial charge on any atom is -0.457 e. The Morgan fingerprint density at radius 2 is 1.60 bits per heavy atom. The first-order chi connectivity index (χ1) is 12.1. The topological polar surface area (TPSA) is 104 Å². The molecule has 3 N–H and O–H groups in total. The molecule has 0 saturated heterocycles. The molecule has 3 rings (SSSR count). The van der Waals surface area contributed by atoms with Crippen molar-refractivity contribution in [2.45, 2.75) is 6.42 Å². The molecular weight excluding hydrogens is 322 g/mol. The lowest BCUT2D eigenvalue weighted by molar-refractivity contribution is -0.115. The van der Waals surface area contributed by atoms with Crippen molar-refractivity contribution < 1.29 is 9.53 Å². The van der Waals surface area contributed by atoms with Crippen LogP contribution in [0.5, 0.6) is 11.5 Å². The number of nitrogens with one attached hydrogen (secondary N) is 3. The fourth-order valence-electron chi connectivity index (χ4n) is 2.22. The highest BCUT2D eigenvalue weighted by molar-refractivity contribution is 5.92. The molecule has 7 nitrogen and oxygen atoms in total. The van der Waals surface area contributed by atoms with E-state index in [0.29, 0.717) is 11.4 Å². The van der Waals surface area contributed by atoms with Crippen LogP contribution < -0.4 is 21.3 Å². The van der Waals surface area contributed by atoms with Gasteiger partial charge in [-0.25, -0.2) is 4.79 Å². The summed E-state index contributed by atoms with van der Waals surface area (Å²) in [5, 5.41) is 2.69. The first-order valence-electron chi connectivity index (χ1n) is 7.54. The van der Waals surface area contributed by atoms with Crippen molar-refractivity contribution in [3.05, 3.63) is 87.2 Å². The lowest BCUT2D eigenvalue weighted by atomic mass is 10.2. The monoisotopic (exact) mass is 337 g/mol. The van der Waals surface area contributed by atoms with E-state index in [1.54, 1.807) is 24.3 Å². The van der Waals surface area contributed by atoms with Crippen LogP contribution in [0.3, 0.4) is 0 Å². The van der Waals surface area contributed by atoms with E-state index in [4.69, 9.17) is 4.74 Å². The van der Waals surface area contributed by atoms with Crippen molar-refractivity contribution in [2.24, 2.45) is 0 Å². The Bertz CT molecular complexity index is 947. The first-order valence-corrected chi connectivity index (χ1v) is 7.54. The molecule has 1 amide bonds. The molecule has 0 saturated carbocycles. The second-order valence-electron chi connectivity index (χ2n) is 5.28. The number of ether oxygens (including phenoxy) is 1. The molecular formula is C18H15N3O4. The summed E-state index contributed by atoms with van der Waals surface area (Å²) in [7, 11) is 0. The van der Waals surface area contributed by atoms with Crippen LogP contribution in [0.25, 0.3) is 0 Å². The summed E-state index contributed by atoms with van der Waals surface area (Å²) in [5.41, 5.74) is -0.362. The Morgan fingerprint density at radius 3 is 2.28 bits per heavy atom. The average Bonchev–Trinajstić information content (AvgIpc) is 2.56. The molecule has 0 atom stereocenters. The quantitative estimate of drug-likeness (QED) is 0.662. The lowest BCUT2D eigenvalue weighted by Crippen LogP contribution is -2.25. The summed E-state index contributed by atoms with van der Waals surface area (Å²) in [4.78, 5) is 38.9. The summed E-state index contributed by atoms with van der Waals surface area (Å²) < 4.78 is 5.67. The van der Waals surface area contributed by atoms with Gasteiger partial charge in [-0.3, -0.25) is 14.6 Å². The maximum Gasteiger partial charge on any atom is 0.325 e. The van der Waals surface area contributed by atoms with Crippen LogP contribution in [-0.2, 0) is 11.2 Å². The minimum absolute atomic E-state index is 0.110. The highest BCUT2D eigenvalue weighted by Gasteiger charge is 2.06. The number of rotatable bonds is 5. The normalized spacial score (nSPS) is 10.2. The van der Waals surface area contributed by atoms with Gasteiger partial charge < -0.3 is 15.0 Å². The van der Waals surface area contributed by atoms with Crippen LogP contribution in [0, 0.1) is 0 Å². The third kappa shape index (κ3) is 4.68. The van der Waals surface area contributed by atoms with Gasteiger partial charge in [-0.1, -0.05) is 18.2 Å². The number of aromatic nitrogens is 2. The van der Waals surface area contributed by atoms with E-state index in [-0.39, 0.29) is 18.0 Å². The number of hydrogen-bond donors (Lipinski definition) is 3. The van der Waals surface area contributed by atoms with Gasteiger partial charge in [0.2, 0.25) is 5.91 Å². The van der Waals surface area contributed by atoms with Crippen LogP contribution in [0.4, 0.5) is 5.69 Å². The third-order valence-corrected chi connectivity index (χ3v) is 3.28. The van der Waals surface area contributed by atoms with Crippen molar-refractivity contribution in [1.82, 2.24) is 9.97 Å². The number of aromatic amines is 2. The Kier molecular flexibility index (Phi) is 4.75. The molecule has 0 aliphatic rings. The first kappa shape index (κ1) is 16.3. The number of carbonyl (C=O) groups is 1. The van der Waals surface area contributed by atoms with Crippen molar-refractivity contribution in [3.63, 3.8) is 0 Å². The predicted octanol–water partition coefficient (Wildman–Crippen LogP) is 2.04. The summed E-state index contributed by atoms with van der Waals surface area (Å²) in [5.74, 6) is 1.01. The van der Waals surface area contributed by atoms with Crippen molar-refractivity contribution >= 4 is 11.6 Å². The second-order valence-corrected chi connectivity index (χ2v) is 5.28. The number of benzene rings is 2. The fraction of sp³-hybridized carbons (Fsp3) is 0.0556. The van der Waals surface area contributed by atoms with Crippen molar-refractivity contribution in [3.8, 4) is 11.5 Å². The largest absolute Gasteiger partial charge is 0.457 e. The molecule has 0 aliphatic heterocycles. The molecule has 0 aliphatic carbocycles. The number of anilines is 1. The molecule has 126 valence electrons. The predicted molar refractivity (Wildman–Crippen MR) is 93.0 cm³/mol. The number of amides is 1. The Hall–Kier alpha value is -3.61. The molecule has 1 heterocycles. The van der Waals surface area contributed by atoms with Gasteiger partial charge in [0.25, 0.3) is 5.56 Å². The van der Waals surface area contributed by atoms with E-state index < -0.39 is 11.2 Å². The summed E-state index contributed by atoms with van der Waals surface area (Å²) in [6, 6.07) is 17.4. The van der Waals surface area contributed by atoms with Gasteiger partial charge in [-0.05, 0) is 36.4 Å². The Balaban J connectivity index is 1.62. The highest BCUT2D eigenvalue weighted by atomic mass is 16.5. The van der Waals surface area contributed by atoms with Crippen LogP contribution >= 0.6 is 0 Å². The molecule has 1 aromatic heterocycles. The van der Waals surface area contributed by atoms with E-state index >= 15 is 0 Å². The maximum atomic E-state index is 12.0. The Labute approximate surface area is 142 Å².